The molecule has 0 spiro atoms. The van der Waals surface area contributed by atoms with Crippen LogP contribution in [0.3, 0.4) is 0 Å². The Hall–Kier alpha value is -3.93. The zero-order valence-corrected chi connectivity index (χ0v) is 21.3. The number of nitrogens with one attached hydrogen (secondary N) is 1. The van der Waals surface area contributed by atoms with Gasteiger partial charge in [-0.3, -0.25) is 10.1 Å². The third-order valence-corrected chi connectivity index (χ3v) is 5.93. The first-order chi connectivity index (χ1) is 17.8. The van der Waals surface area contributed by atoms with Gasteiger partial charge in [0.05, 0.1) is 11.4 Å². The van der Waals surface area contributed by atoms with Crippen LogP contribution < -0.4 is 0 Å². The molecule has 2 aromatic heterocycles. The van der Waals surface area contributed by atoms with E-state index in [1.54, 1.807) is 6.07 Å². The lowest BCUT2D eigenvalue weighted by molar-refractivity contribution is -0.140. The molecule has 0 unspecified atom stereocenters. The lowest BCUT2D eigenvalue weighted by atomic mass is 9.97. The Bertz CT molecular complexity index is 1320. The SMILES string of the molecule is C=Cc1n[nH]c(C(F)(F)F)c1-c1ccnc(/C(=C/C=C/CCc2ccccc2CCC)C(=C)/C=C\C)c1. The Labute approximate surface area is 216 Å². The van der Waals surface area contributed by atoms with Crippen LogP contribution in [0, 0.1) is 0 Å². The second kappa shape index (κ2) is 12.9. The van der Waals surface area contributed by atoms with Crippen LogP contribution >= 0.6 is 0 Å². The van der Waals surface area contributed by atoms with E-state index in [2.05, 4.69) is 65.6 Å². The molecule has 0 aliphatic rings. The van der Waals surface area contributed by atoms with Gasteiger partial charge in [0.25, 0.3) is 0 Å². The number of aromatic amines is 1. The molecule has 3 rings (SSSR count). The van der Waals surface area contributed by atoms with Gasteiger partial charge in [0.1, 0.15) is 5.69 Å². The summed E-state index contributed by atoms with van der Waals surface area (Å²) >= 11 is 0. The smallest absolute Gasteiger partial charge is 0.272 e. The quantitative estimate of drug-likeness (QED) is 0.266. The monoisotopic (exact) mass is 503 g/mol. The zero-order valence-electron chi connectivity index (χ0n) is 21.3. The molecule has 3 nitrogen and oxygen atoms in total. The minimum absolute atomic E-state index is 0.0524. The van der Waals surface area contributed by atoms with E-state index in [9.17, 15) is 13.2 Å². The van der Waals surface area contributed by atoms with E-state index in [0.29, 0.717) is 16.8 Å². The maximum atomic E-state index is 13.6. The summed E-state index contributed by atoms with van der Waals surface area (Å²) in [5, 5.41) is 5.90. The number of nitrogens with zero attached hydrogens (tertiary/aromatic N) is 2. The molecule has 0 saturated heterocycles. The fourth-order valence-corrected chi connectivity index (χ4v) is 4.20. The first kappa shape index (κ1) is 27.7. The summed E-state index contributed by atoms with van der Waals surface area (Å²) in [6, 6.07) is 11.7. The van der Waals surface area contributed by atoms with Crippen molar-refractivity contribution in [3.63, 3.8) is 0 Å². The molecule has 0 aliphatic heterocycles. The highest BCUT2D eigenvalue weighted by Gasteiger charge is 2.37. The summed E-state index contributed by atoms with van der Waals surface area (Å²) < 4.78 is 40.9. The molecule has 6 heteroatoms. The molecule has 1 aromatic carbocycles. The van der Waals surface area contributed by atoms with Gasteiger partial charge in [0, 0.05) is 17.3 Å². The summed E-state index contributed by atoms with van der Waals surface area (Å²) in [7, 11) is 0. The lowest BCUT2D eigenvalue weighted by Gasteiger charge is -2.11. The van der Waals surface area contributed by atoms with Gasteiger partial charge >= 0.3 is 6.18 Å². The third-order valence-electron chi connectivity index (χ3n) is 5.93. The number of benzene rings is 1. The van der Waals surface area contributed by atoms with E-state index in [-0.39, 0.29) is 11.3 Å². The van der Waals surface area contributed by atoms with Crippen molar-refractivity contribution in [2.24, 2.45) is 0 Å². The first-order valence-electron chi connectivity index (χ1n) is 12.3. The van der Waals surface area contributed by atoms with Crippen molar-refractivity contribution >= 4 is 11.6 Å². The highest BCUT2D eigenvalue weighted by molar-refractivity contribution is 5.83. The Morgan fingerprint density at radius 3 is 2.49 bits per heavy atom. The normalized spacial score (nSPS) is 12.5. The van der Waals surface area contributed by atoms with Crippen molar-refractivity contribution in [3.05, 3.63) is 120 Å². The van der Waals surface area contributed by atoms with Crippen LogP contribution in [0.4, 0.5) is 13.2 Å². The molecule has 3 aromatic rings. The topological polar surface area (TPSA) is 41.6 Å². The summed E-state index contributed by atoms with van der Waals surface area (Å²) in [5.41, 5.74) is 4.18. The Kier molecular flexibility index (Phi) is 9.61. The summed E-state index contributed by atoms with van der Waals surface area (Å²) in [6.45, 7) is 11.8. The molecule has 0 bridgehead atoms. The van der Waals surface area contributed by atoms with E-state index < -0.39 is 11.9 Å². The van der Waals surface area contributed by atoms with Crippen molar-refractivity contribution < 1.29 is 13.2 Å². The van der Waals surface area contributed by atoms with Crippen molar-refractivity contribution in [2.75, 3.05) is 0 Å². The molecule has 37 heavy (non-hydrogen) atoms. The number of rotatable bonds is 11. The van der Waals surface area contributed by atoms with Crippen LogP contribution in [-0.4, -0.2) is 15.2 Å². The third kappa shape index (κ3) is 7.06. The summed E-state index contributed by atoms with van der Waals surface area (Å²) in [4.78, 5) is 4.44. The van der Waals surface area contributed by atoms with Crippen LogP contribution in [0.5, 0.6) is 0 Å². The predicted octanol–water partition coefficient (Wildman–Crippen LogP) is 8.79. The second-order valence-corrected chi connectivity index (χ2v) is 8.58. The lowest BCUT2D eigenvalue weighted by Crippen LogP contribution is -2.07. The van der Waals surface area contributed by atoms with Gasteiger partial charge in [0.2, 0.25) is 0 Å². The highest BCUT2D eigenvalue weighted by Crippen LogP contribution is 2.38. The first-order valence-corrected chi connectivity index (χ1v) is 12.3. The van der Waals surface area contributed by atoms with Crippen LogP contribution in [-0.2, 0) is 19.0 Å². The average Bonchev–Trinajstić information content (AvgIpc) is 3.32. The van der Waals surface area contributed by atoms with E-state index in [0.717, 1.165) is 31.3 Å². The van der Waals surface area contributed by atoms with Crippen molar-refractivity contribution in [2.45, 2.75) is 45.7 Å². The minimum Gasteiger partial charge on any atom is -0.272 e. The van der Waals surface area contributed by atoms with Crippen LogP contribution in [0.25, 0.3) is 22.8 Å². The van der Waals surface area contributed by atoms with Crippen LogP contribution in [0.15, 0.2) is 91.7 Å². The van der Waals surface area contributed by atoms with Gasteiger partial charge in [-0.1, -0.05) is 81.1 Å². The van der Waals surface area contributed by atoms with Gasteiger partial charge in [-0.25, -0.2) is 0 Å². The molecule has 0 amide bonds. The highest BCUT2D eigenvalue weighted by atomic mass is 19.4. The van der Waals surface area contributed by atoms with E-state index >= 15 is 0 Å². The molecule has 0 saturated carbocycles. The number of aromatic nitrogens is 3. The number of hydrogen-bond donors (Lipinski definition) is 1. The Morgan fingerprint density at radius 1 is 1.11 bits per heavy atom. The molecular weight excluding hydrogens is 471 g/mol. The van der Waals surface area contributed by atoms with Gasteiger partial charge in [-0.05, 0) is 66.7 Å². The number of aryl methyl sites for hydroxylation is 2. The Morgan fingerprint density at radius 2 is 1.84 bits per heavy atom. The van der Waals surface area contributed by atoms with E-state index in [1.165, 1.54) is 29.5 Å². The molecule has 0 aliphatic carbocycles. The fourth-order valence-electron chi connectivity index (χ4n) is 4.20. The number of alkyl halides is 3. The number of hydrogen-bond acceptors (Lipinski definition) is 2. The van der Waals surface area contributed by atoms with Crippen molar-refractivity contribution in [1.82, 2.24) is 15.2 Å². The molecule has 192 valence electrons. The number of pyridine rings is 1. The molecule has 0 atom stereocenters. The van der Waals surface area contributed by atoms with E-state index in [1.807, 2.05) is 31.2 Å². The molecule has 0 fully saturated rings. The van der Waals surface area contributed by atoms with Crippen LogP contribution in [0.2, 0.25) is 0 Å². The van der Waals surface area contributed by atoms with Crippen molar-refractivity contribution in [1.29, 1.82) is 0 Å². The van der Waals surface area contributed by atoms with Gasteiger partial charge in [-0.15, -0.1) is 0 Å². The predicted molar refractivity (Wildman–Crippen MR) is 147 cm³/mol. The molecular formula is C31H32F3N3. The number of halogens is 3. The largest absolute Gasteiger partial charge is 0.433 e. The number of H-pyrrole nitrogens is 1. The van der Waals surface area contributed by atoms with E-state index in [4.69, 9.17) is 0 Å². The maximum absolute atomic E-state index is 13.6. The summed E-state index contributed by atoms with van der Waals surface area (Å²) in [5.74, 6) is 0. The average molecular weight is 504 g/mol. The molecule has 2 heterocycles. The van der Waals surface area contributed by atoms with Crippen LogP contribution in [0.1, 0.15) is 54.9 Å². The van der Waals surface area contributed by atoms with Gasteiger partial charge in [-0.2, -0.15) is 18.3 Å². The zero-order chi connectivity index (χ0) is 26.8. The second-order valence-electron chi connectivity index (χ2n) is 8.58. The number of allylic oxidation sites excluding steroid dienone is 7. The van der Waals surface area contributed by atoms with Gasteiger partial charge < -0.3 is 0 Å². The summed E-state index contributed by atoms with van der Waals surface area (Å²) in [6.07, 6.45) is 11.8. The Balaban J connectivity index is 1.91. The minimum atomic E-state index is -4.58. The van der Waals surface area contributed by atoms with Crippen molar-refractivity contribution in [3.8, 4) is 11.1 Å². The standard InChI is InChI=1S/C31H32F3N3/c1-5-13-22(4)26(18-10-8-9-15-24-17-12-11-16-23(24)14-6-2)28-21-25(19-20-35-28)29-27(7-3)36-37-30(29)31(32,33)34/h5,7-8,10-13,16-21H,3-4,6,9,14-15H2,1-2H3,(H,36,37)/b10-8+,13-5-,26-18+. The molecule has 1 N–H and O–H groups in total. The molecule has 0 radical (unpaired) electrons. The van der Waals surface area contributed by atoms with Gasteiger partial charge in [0.15, 0.2) is 0 Å². The fraction of sp³-hybridized carbons (Fsp3) is 0.226. The maximum Gasteiger partial charge on any atom is 0.433 e.